The molecular formula is C38H42N4O7. The van der Waals surface area contributed by atoms with Crippen LogP contribution >= 0.6 is 0 Å². The summed E-state index contributed by atoms with van der Waals surface area (Å²) in [6.07, 6.45) is 9.39. The average Bonchev–Trinajstić information content (AvgIpc) is 3.74. The number of aliphatic hydroxyl groups is 1. The second-order valence-electron chi connectivity index (χ2n) is 12.3. The molecule has 0 saturated heterocycles. The predicted octanol–water partition coefficient (Wildman–Crippen LogP) is 5.08. The van der Waals surface area contributed by atoms with E-state index in [-0.39, 0.29) is 42.9 Å². The number of ether oxygens (including phenoxy) is 3. The van der Waals surface area contributed by atoms with E-state index >= 15 is 0 Å². The van der Waals surface area contributed by atoms with Gasteiger partial charge >= 0.3 is 17.9 Å². The topological polar surface area (TPSA) is 152 Å². The fraction of sp³-hybridized carbons (Fsp3) is 0.368. The molecule has 0 radical (unpaired) electrons. The first-order chi connectivity index (χ1) is 23.4. The van der Waals surface area contributed by atoms with Crippen LogP contribution in [-0.2, 0) is 28.6 Å². The first-order valence-electron chi connectivity index (χ1n) is 16.2. The zero-order valence-corrected chi connectivity index (χ0v) is 29.3. The highest BCUT2D eigenvalue weighted by Gasteiger charge is 2.28. The molecule has 0 aliphatic carbocycles. The first-order valence-corrected chi connectivity index (χ1v) is 16.2. The van der Waals surface area contributed by atoms with E-state index in [1.54, 1.807) is 6.92 Å². The van der Waals surface area contributed by atoms with Gasteiger partial charge in [-0.3, -0.25) is 14.4 Å². The van der Waals surface area contributed by atoms with Crippen molar-refractivity contribution in [3.05, 3.63) is 84.5 Å². The van der Waals surface area contributed by atoms with Crippen molar-refractivity contribution in [2.45, 2.75) is 73.1 Å². The minimum atomic E-state index is -0.331. The maximum absolute atomic E-state index is 12.2. The summed E-state index contributed by atoms with van der Waals surface area (Å²) in [5.74, 6) is -0.829. The molecule has 2 N–H and O–H groups in total. The van der Waals surface area contributed by atoms with Crippen molar-refractivity contribution in [1.29, 1.82) is 0 Å². The van der Waals surface area contributed by atoms with Crippen LogP contribution in [-0.4, -0.2) is 66.5 Å². The highest BCUT2D eigenvalue weighted by atomic mass is 16.5. The molecule has 1 aromatic heterocycles. The lowest BCUT2D eigenvalue weighted by Crippen LogP contribution is -2.27. The van der Waals surface area contributed by atoms with Crippen molar-refractivity contribution >= 4 is 53.0 Å². The van der Waals surface area contributed by atoms with E-state index in [4.69, 9.17) is 29.2 Å². The average molecular weight is 667 g/mol. The molecule has 5 heterocycles. The van der Waals surface area contributed by atoms with Gasteiger partial charge in [0.2, 0.25) is 0 Å². The summed E-state index contributed by atoms with van der Waals surface area (Å²) >= 11 is 0. The van der Waals surface area contributed by atoms with Crippen molar-refractivity contribution in [2.24, 2.45) is 15.0 Å². The number of aromatic amines is 1. The van der Waals surface area contributed by atoms with Gasteiger partial charge in [0.1, 0.15) is 0 Å². The molecule has 0 spiro atoms. The molecule has 0 aromatic carbocycles. The third-order valence-corrected chi connectivity index (χ3v) is 9.37. The molecule has 1 aromatic rings. The number of nitrogens with one attached hydrogen (secondary N) is 1. The van der Waals surface area contributed by atoms with Gasteiger partial charge in [-0.15, -0.1) is 0 Å². The second-order valence-corrected chi connectivity index (χ2v) is 12.3. The standard InChI is InChI=1S/C38H42N4O7/c1-19-25(10-13-36(45)48-7)32-18-33-26(11-14-37(46)49-8)20(2)28(40-33)16-31-24(9-12-35(44)47-6)21(3)29(41-31)17-34-38(23(5)43)22(4)30(42-34)15-27(19)39-32/h15-18,42-43H,9-14H2,1-8H3. The van der Waals surface area contributed by atoms with Crippen molar-refractivity contribution in [3.63, 3.8) is 0 Å². The van der Waals surface area contributed by atoms with Gasteiger partial charge in [0.15, 0.2) is 0 Å². The lowest BCUT2D eigenvalue weighted by atomic mass is 9.96. The molecule has 0 unspecified atom stereocenters. The Hall–Kier alpha value is -5.32. The number of nitrogens with zero attached hydrogens (tertiary/aromatic N) is 3. The normalized spacial score (nSPS) is 17.6. The Morgan fingerprint density at radius 1 is 0.633 bits per heavy atom. The maximum Gasteiger partial charge on any atom is 0.305 e. The molecule has 4 aliphatic heterocycles. The van der Waals surface area contributed by atoms with Crippen LogP contribution in [0.2, 0.25) is 0 Å². The van der Waals surface area contributed by atoms with Gasteiger partial charge in [-0.2, -0.15) is 0 Å². The van der Waals surface area contributed by atoms with Crippen LogP contribution in [0.1, 0.15) is 77.5 Å². The van der Waals surface area contributed by atoms with E-state index in [1.807, 2.05) is 52.0 Å². The van der Waals surface area contributed by atoms with E-state index in [0.717, 1.165) is 44.7 Å². The first kappa shape index (κ1) is 35.0. The van der Waals surface area contributed by atoms with Crippen LogP contribution in [0.15, 0.2) is 77.7 Å². The van der Waals surface area contributed by atoms with Crippen LogP contribution < -0.4 is 10.6 Å². The number of hydrogen-bond donors (Lipinski definition) is 2. The zero-order valence-electron chi connectivity index (χ0n) is 29.3. The van der Waals surface area contributed by atoms with Crippen LogP contribution in [0.4, 0.5) is 0 Å². The van der Waals surface area contributed by atoms with Crippen LogP contribution in [0.5, 0.6) is 0 Å². The summed E-state index contributed by atoms with van der Waals surface area (Å²) in [4.78, 5) is 55.3. The van der Waals surface area contributed by atoms with Crippen LogP contribution in [0, 0.1) is 6.92 Å². The number of aliphatic imine (C=N–C) groups is 3. The molecule has 5 rings (SSSR count). The van der Waals surface area contributed by atoms with E-state index < -0.39 is 0 Å². The Morgan fingerprint density at radius 3 is 1.57 bits per heavy atom. The molecule has 256 valence electrons. The van der Waals surface area contributed by atoms with Gasteiger partial charge in [-0.05, 0) is 117 Å². The summed E-state index contributed by atoms with van der Waals surface area (Å²) in [6.45, 7) is 9.49. The highest BCUT2D eigenvalue weighted by Crippen LogP contribution is 2.37. The Morgan fingerprint density at radius 2 is 1.08 bits per heavy atom. The lowest BCUT2D eigenvalue weighted by molar-refractivity contribution is -0.141. The summed E-state index contributed by atoms with van der Waals surface area (Å²) < 4.78 is 14.8. The van der Waals surface area contributed by atoms with Crippen LogP contribution in [0.3, 0.4) is 0 Å². The molecule has 0 atom stereocenters. The number of allylic oxidation sites excluding steroid dienone is 8. The van der Waals surface area contributed by atoms with Gasteiger partial charge in [0.05, 0.1) is 66.7 Å². The second kappa shape index (κ2) is 14.4. The van der Waals surface area contributed by atoms with Gasteiger partial charge in [-0.25, -0.2) is 15.0 Å². The lowest BCUT2D eigenvalue weighted by Gasteiger charge is -2.08. The monoisotopic (exact) mass is 666 g/mol. The summed E-state index contributed by atoms with van der Waals surface area (Å²) in [5, 5.41) is 12.2. The van der Waals surface area contributed by atoms with Crippen molar-refractivity contribution in [2.75, 3.05) is 21.3 Å². The number of esters is 3. The smallest absolute Gasteiger partial charge is 0.305 e. The Labute approximate surface area is 285 Å². The predicted molar refractivity (Wildman–Crippen MR) is 189 cm³/mol. The number of methoxy groups -OCH3 is 3. The SMILES string of the molecule is COC(=O)CCC1=C(C)C2=NC1=CC1=NC(=Cc3[nH]c(c(=C(C)O)c3C)=CC3=NC(=C2)C(CCC(=O)OC)=C3C)C(C)=C1CCC(=O)OC. The molecule has 11 nitrogen and oxygen atoms in total. The Bertz CT molecular complexity index is 2070. The summed E-state index contributed by atoms with van der Waals surface area (Å²) in [5.41, 5.74) is 11.0. The van der Waals surface area contributed by atoms with Gasteiger partial charge in [0, 0.05) is 30.2 Å². The van der Waals surface area contributed by atoms with Crippen molar-refractivity contribution in [1.82, 2.24) is 4.98 Å². The minimum Gasteiger partial charge on any atom is -0.512 e. The quantitative estimate of drug-likeness (QED) is 0.275. The zero-order chi connectivity index (χ0) is 35.6. The molecule has 0 amide bonds. The number of carbonyl (C=O) groups is 3. The van der Waals surface area contributed by atoms with Crippen molar-refractivity contribution in [3.8, 4) is 0 Å². The Kier molecular flexibility index (Phi) is 10.3. The number of fused-ring (bicyclic) bond motifs is 5. The fourth-order valence-electron chi connectivity index (χ4n) is 6.49. The van der Waals surface area contributed by atoms with Crippen LogP contribution in [0.25, 0.3) is 17.9 Å². The number of carbonyl (C=O) groups excluding carboxylic acids is 3. The fourth-order valence-corrected chi connectivity index (χ4v) is 6.49. The van der Waals surface area contributed by atoms with Gasteiger partial charge < -0.3 is 24.3 Å². The largest absolute Gasteiger partial charge is 0.512 e. The molecule has 11 heteroatoms. The van der Waals surface area contributed by atoms with E-state index in [1.165, 1.54) is 21.3 Å². The number of hydrogen-bond acceptors (Lipinski definition) is 10. The molecule has 49 heavy (non-hydrogen) atoms. The Balaban J connectivity index is 1.79. The van der Waals surface area contributed by atoms with E-state index in [0.29, 0.717) is 64.1 Å². The number of H-pyrrole nitrogens is 1. The van der Waals surface area contributed by atoms with E-state index in [2.05, 4.69) is 4.98 Å². The van der Waals surface area contributed by atoms with Gasteiger partial charge in [-0.1, -0.05) is 0 Å². The third kappa shape index (κ3) is 7.11. The number of rotatable bonds is 9. The van der Waals surface area contributed by atoms with Crippen molar-refractivity contribution < 1.29 is 33.7 Å². The molecule has 8 bridgehead atoms. The maximum atomic E-state index is 12.2. The molecule has 0 saturated carbocycles. The highest BCUT2D eigenvalue weighted by molar-refractivity contribution is 6.24. The molecular weight excluding hydrogens is 624 g/mol. The number of aromatic nitrogens is 1. The molecule has 4 aliphatic rings. The number of aliphatic hydroxyl groups excluding tert-OH is 1. The summed E-state index contributed by atoms with van der Waals surface area (Å²) in [6, 6.07) is 0. The molecule has 0 fully saturated rings. The minimum absolute atomic E-state index is 0.155. The third-order valence-electron chi connectivity index (χ3n) is 9.37. The van der Waals surface area contributed by atoms with Gasteiger partial charge in [0.25, 0.3) is 0 Å². The summed E-state index contributed by atoms with van der Waals surface area (Å²) in [7, 11) is 4.10. The van der Waals surface area contributed by atoms with E-state index in [9.17, 15) is 19.5 Å².